The number of anilines is 1. The molecule has 0 amide bonds. The molecule has 0 aliphatic rings. The van der Waals surface area contributed by atoms with Crippen molar-refractivity contribution in [1.82, 2.24) is 0 Å². The number of unbranched alkanes of at least 4 members (excludes halogenated alkanes) is 9. The lowest BCUT2D eigenvalue weighted by atomic mass is 9.99. The number of benzene rings is 2. The number of fused-ring (bicyclic) bond motifs is 1. The minimum absolute atomic E-state index is 0.985. The molecule has 1 heteroatoms. The third-order valence-corrected chi connectivity index (χ3v) is 4.86. The van der Waals surface area contributed by atoms with Gasteiger partial charge in [-0.3, -0.25) is 0 Å². The van der Waals surface area contributed by atoms with E-state index in [4.69, 9.17) is 5.73 Å². The van der Waals surface area contributed by atoms with Gasteiger partial charge in [-0.15, -0.1) is 0 Å². The first-order valence-corrected chi connectivity index (χ1v) is 9.59. The molecule has 0 spiro atoms. The van der Waals surface area contributed by atoms with E-state index < -0.39 is 0 Å². The van der Waals surface area contributed by atoms with Gasteiger partial charge in [-0.2, -0.15) is 0 Å². The maximum atomic E-state index is 6.34. The van der Waals surface area contributed by atoms with Crippen LogP contribution in [0.25, 0.3) is 10.8 Å². The van der Waals surface area contributed by atoms with Crippen molar-refractivity contribution in [2.75, 3.05) is 5.73 Å². The van der Waals surface area contributed by atoms with Gasteiger partial charge in [0.05, 0.1) is 0 Å². The van der Waals surface area contributed by atoms with Gasteiger partial charge in [0, 0.05) is 11.1 Å². The van der Waals surface area contributed by atoms with Crippen molar-refractivity contribution in [3.8, 4) is 0 Å². The maximum absolute atomic E-state index is 6.34. The van der Waals surface area contributed by atoms with E-state index in [1.165, 1.54) is 80.5 Å². The summed E-state index contributed by atoms with van der Waals surface area (Å²) in [5, 5.41) is 2.45. The predicted octanol–water partition coefficient (Wildman–Crippen LogP) is 6.89. The van der Waals surface area contributed by atoms with Crippen LogP contribution in [0.5, 0.6) is 0 Å². The highest BCUT2D eigenvalue weighted by Crippen LogP contribution is 2.26. The quantitative estimate of drug-likeness (QED) is 0.355. The molecule has 0 fully saturated rings. The normalized spacial score (nSPS) is 11.2. The lowest BCUT2D eigenvalue weighted by Gasteiger charge is -2.09. The van der Waals surface area contributed by atoms with Crippen molar-refractivity contribution in [3.05, 3.63) is 42.0 Å². The summed E-state index contributed by atoms with van der Waals surface area (Å²) in [5.41, 5.74) is 8.65. The third-order valence-electron chi connectivity index (χ3n) is 4.86. The first-order chi connectivity index (χ1) is 11.3. The van der Waals surface area contributed by atoms with E-state index in [0.717, 1.165) is 12.1 Å². The molecule has 0 saturated heterocycles. The van der Waals surface area contributed by atoms with Crippen LogP contribution >= 0.6 is 0 Å². The topological polar surface area (TPSA) is 26.0 Å². The Morgan fingerprint density at radius 3 is 2.00 bits per heavy atom. The van der Waals surface area contributed by atoms with Gasteiger partial charge in [0.2, 0.25) is 0 Å². The largest absolute Gasteiger partial charge is 0.398 e. The van der Waals surface area contributed by atoms with E-state index in [0.29, 0.717) is 0 Å². The van der Waals surface area contributed by atoms with E-state index in [1.54, 1.807) is 0 Å². The van der Waals surface area contributed by atoms with E-state index in [1.807, 2.05) is 0 Å². The van der Waals surface area contributed by atoms with Gasteiger partial charge in [-0.25, -0.2) is 0 Å². The number of hydrogen-bond donors (Lipinski definition) is 1. The molecular weight excluding hydrogens is 278 g/mol. The monoisotopic (exact) mass is 311 g/mol. The molecule has 0 aliphatic carbocycles. The van der Waals surface area contributed by atoms with Crippen LogP contribution < -0.4 is 5.73 Å². The van der Waals surface area contributed by atoms with Gasteiger partial charge < -0.3 is 5.73 Å². The van der Waals surface area contributed by atoms with Crippen LogP contribution in [0.1, 0.15) is 76.7 Å². The minimum atomic E-state index is 0.985. The molecule has 1 nitrogen and oxygen atoms in total. The van der Waals surface area contributed by atoms with Crippen LogP contribution in [0.15, 0.2) is 36.4 Å². The highest BCUT2D eigenvalue weighted by molar-refractivity contribution is 5.94. The van der Waals surface area contributed by atoms with Crippen LogP contribution in [0.3, 0.4) is 0 Å². The summed E-state index contributed by atoms with van der Waals surface area (Å²) in [6.07, 6.45) is 15.0. The smallest absolute Gasteiger partial charge is 0.0426 e. The Kier molecular flexibility index (Phi) is 8.00. The van der Waals surface area contributed by atoms with Crippen molar-refractivity contribution >= 4 is 16.5 Å². The van der Waals surface area contributed by atoms with Crippen molar-refractivity contribution in [1.29, 1.82) is 0 Å². The number of rotatable bonds is 11. The van der Waals surface area contributed by atoms with E-state index in [-0.39, 0.29) is 0 Å². The number of aryl methyl sites for hydroxylation is 1. The summed E-state index contributed by atoms with van der Waals surface area (Å²) in [7, 11) is 0. The fourth-order valence-corrected chi connectivity index (χ4v) is 3.36. The number of nitrogens with two attached hydrogens (primary N) is 1. The van der Waals surface area contributed by atoms with Gasteiger partial charge in [0.1, 0.15) is 0 Å². The zero-order chi connectivity index (χ0) is 16.3. The van der Waals surface area contributed by atoms with E-state index in [9.17, 15) is 0 Å². The van der Waals surface area contributed by atoms with Crippen molar-refractivity contribution in [2.24, 2.45) is 0 Å². The minimum Gasteiger partial charge on any atom is -0.398 e. The number of nitrogen functional groups attached to an aromatic ring is 1. The number of hydrogen-bond acceptors (Lipinski definition) is 1. The van der Waals surface area contributed by atoms with Crippen LogP contribution in [0, 0.1) is 0 Å². The molecule has 0 atom stereocenters. The Morgan fingerprint density at radius 2 is 1.30 bits per heavy atom. The Hall–Kier alpha value is -1.50. The lowest BCUT2D eigenvalue weighted by Crippen LogP contribution is -1.96. The van der Waals surface area contributed by atoms with Crippen LogP contribution in [-0.2, 0) is 6.42 Å². The molecule has 2 rings (SSSR count). The SMILES string of the molecule is CCCCCCCCCCCCc1ccc2ccccc2c1N. The van der Waals surface area contributed by atoms with Crippen LogP contribution in [-0.4, -0.2) is 0 Å². The molecule has 0 saturated carbocycles. The molecule has 2 aromatic carbocycles. The van der Waals surface area contributed by atoms with Gasteiger partial charge in [-0.1, -0.05) is 101 Å². The lowest BCUT2D eigenvalue weighted by molar-refractivity contribution is 0.556. The maximum Gasteiger partial charge on any atom is 0.0426 e. The highest BCUT2D eigenvalue weighted by Gasteiger charge is 2.03. The summed E-state index contributed by atoms with van der Waals surface area (Å²) in [5.74, 6) is 0. The molecule has 0 unspecified atom stereocenters. The Morgan fingerprint density at radius 1 is 0.696 bits per heavy atom. The van der Waals surface area contributed by atoms with Gasteiger partial charge >= 0.3 is 0 Å². The first kappa shape index (κ1) is 17.8. The Labute approximate surface area is 142 Å². The average molecular weight is 312 g/mol. The fraction of sp³-hybridized carbons (Fsp3) is 0.545. The van der Waals surface area contributed by atoms with Crippen molar-refractivity contribution in [2.45, 2.75) is 77.6 Å². The van der Waals surface area contributed by atoms with E-state index in [2.05, 4.69) is 43.3 Å². The Bertz CT molecular complexity index is 573. The first-order valence-electron chi connectivity index (χ1n) is 9.59. The summed E-state index contributed by atoms with van der Waals surface area (Å²) in [6, 6.07) is 12.8. The summed E-state index contributed by atoms with van der Waals surface area (Å²) in [4.78, 5) is 0. The second-order valence-corrected chi connectivity index (χ2v) is 6.79. The molecule has 0 aromatic heterocycles. The molecule has 0 bridgehead atoms. The standard InChI is InChI=1S/C22H33N/c1-2-3-4-5-6-7-8-9-10-11-15-20-18-17-19-14-12-13-16-21(19)22(20)23/h12-14,16-18H,2-11,15,23H2,1H3. The molecule has 2 aromatic rings. The third kappa shape index (κ3) is 5.89. The second-order valence-electron chi connectivity index (χ2n) is 6.79. The van der Waals surface area contributed by atoms with Crippen LogP contribution in [0.4, 0.5) is 5.69 Å². The highest BCUT2D eigenvalue weighted by atomic mass is 14.6. The van der Waals surface area contributed by atoms with Crippen molar-refractivity contribution < 1.29 is 0 Å². The van der Waals surface area contributed by atoms with E-state index >= 15 is 0 Å². The summed E-state index contributed by atoms with van der Waals surface area (Å²) in [6.45, 7) is 2.28. The van der Waals surface area contributed by atoms with Gasteiger partial charge in [-0.05, 0) is 23.8 Å². The molecule has 0 radical (unpaired) electrons. The Balaban J connectivity index is 1.62. The van der Waals surface area contributed by atoms with Gasteiger partial charge in [0.15, 0.2) is 0 Å². The molecule has 23 heavy (non-hydrogen) atoms. The molecule has 126 valence electrons. The average Bonchev–Trinajstić information content (AvgIpc) is 2.58. The predicted molar refractivity (Wildman–Crippen MR) is 104 cm³/mol. The fourth-order valence-electron chi connectivity index (χ4n) is 3.36. The molecular formula is C22H33N. The second kappa shape index (κ2) is 10.3. The molecule has 0 heterocycles. The van der Waals surface area contributed by atoms with Gasteiger partial charge in [0.25, 0.3) is 0 Å². The molecule has 0 aliphatic heterocycles. The summed E-state index contributed by atoms with van der Waals surface area (Å²) < 4.78 is 0. The zero-order valence-corrected chi connectivity index (χ0v) is 14.8. The zero-order valence-electron chi connectivity index (χ0n) is 14.8. The van der Waals surface area contributed by atoms with Crippen molar-refractivity contribution in [3.63, 3.8) is 0 Å². The molecule has 2 N–H and O–H groups in total. The van der Waals surface area contributed by atoms with Crippen LogP contribution in [0.2, 0.25) is 0 Å². The summed E-state index contributed by atoms with van der Waals surface area (Å²) >= 11 is 0.